The summed E-state index contributed by atoms with van der Waals surface area (Å²) in [6.07, 6.45) is 1.37. The summed E-state index contributed by atoms with van der Waals surface area (Å²) in [5.74, 6) is 0. The summed E-state index contributed by atoms with van der Waals surface area (Å²) < 4.78 is 23.9. The smallest absolute Gasteiger partial charge is 0.200 e. The fourth-order valence-electron chi connectivity index (χ4n) is 1.52. The van der Waals surface area contributed by atoms with Crippen LogP contribution in [0.3, 0.4) is 0 Å². The van der Waals surface area contributed by atoms with Gasteiger partial charge in [-0.15, -0.1) is 0 Å². The van der Waals surface area contributed by atoms with Gasteiger partial charge in [-0.2, -0.15) is 13.5 Å². The van der Waals surface area contributed by atoms with Crippen LogP contribution < -0.4 is 4.83 Å². The second-order valence-electron chi connectivity index (χ2n) is 4.19. The van der Waals surface area contributed by atoms with Crippen molar-refractivity contribution >= 4 is 27.8 Å². The molecule has 2 aromatic carbocycles. The number of benzene rings is 2. The minimum Gasteiger partial charge on any atom is -0.200 e. The maximum Gasteiger partial charge on any atom is 0.276 e. The van der Waals surface area contributed by atoms with Crippen LogP contribution >= 0.6 is 11.6 Å². The zero-order valence-corrected chi connectivity index (χ0v) is 12.3. The molecule has 0 radical (unpaired) electrons. The maximum atomic E-state index is 12.0. The topological polar surface area (TPSA) is 58.5 Å². The van der Waals surface area contributed by atoms with E-state index in [9.17, 15) is 8.42 Å². The van der Waals surface area contributed by atoms with Crippen molar-refractivity contribution in [3.05, 3.63) is 64.7 Å². The summed E-state index contributed by atoms with van der Waals surface area (Å²) in [5.41, 5.74) is 1.63. The molecular formula is C14H13ClN2O2S. The number of hydrogen-bond donors (Lipinski definition) is 1. The highest BCUT2D eigenvalue weighted by Crippen LogP contribution is 2.13. The van der Waals surface area contributed by atoms with Crippen molar-refractivity contribution in [1.82, 2.24) is 4.83 Å². The molecule has 0 aliphatic heterocycles. The van der Waals surface area contributed by atoms with Crippen molar-refractivity contribution in [2.24, 2.45) is 5.10 Å². The van der Waals surface area contributed by atoms with Crippen molar-refractivity contribution in [2.45, 2.75) is 11.8 Å². The third-order valence-electron chi connectivity index (χ3n) is 2.61. The van der Waals surface area contributed by atoms with Crippen LogP contribution in [0.4, 0.5) is 0 Å². The van der Waals surface area contributed by atoms with Crippen LogP contribution in [0.15, 0.2) is 58.5 Å². The number of halogens is 1. The van der Waals surface area contributed by atoms with E-state index in [1.54, 1.807) is 36.4 Å². The van der Waals surface area contributed by atoms with Crippen LogP contribution in [0.25, 0.3) is 0 Å². The number of hydrogen-bond acceptors (Lipinski definition) is 3. The number of sulfonamides is 1. The molecule has 0 saturated heterocycles. The molecule has 0 unspecified atom stereocenters. The van der Waals surface area contributed by atoms with Gasteiger partial charge in [0, 0.05) is 10.6 Å². The van der Waals surface area contributed by atoms with Gasteiger partial charge in [-0.25, -0.2) is 4.83 Å². The summed E-state index contributed by atoms with van der Waals surface area (Å²) in [4.78, 5) is 2.32. The van der Waals surface area contributed by atoms with Crippen LogP contribution in [0, 0.1) is 6.92 Å². The van der Waals surface area contributed by atoms with Crippen LogP contribution in [0.5, 0.6) is 0 Å². The zero-order chi connectivity index (χ0) is 14.6. The Morgan fingerprint density at radius 2 is 1.75 bits per heavy atom. The van der Waals surface area contributed by atoms with Crippen molar-refractivity contribution < 1.29 is 8.42 Å². The molecule has 0 heterocycles. The first-order chi connectivity index (χ1) is 9.49. The highest BCUT2D eigenvalue weighted by Gasteiger charge is 2.11. The molecule has 0 saturated carbocycles. The first kappa shape index (κ1) is 14.6. The molecule has 2 rings (SSSR count). The van der Waals surface area contributed by atoms with Gasteiger partial charge < -0.3 is 0 Å². The van der Waals surface area contributed by atoms with Gasteiger partial charge in [0.25, 0.3) is 10.0 Å². The van der Waals surface area contributed by atoms with Crippen molar-refractivity contribution in [3.8, 4) is 0 Å². The predicted molar refractivity (Wildman–Crippen MR) is 80.5 cm³/mol. The Bertz CT molecular complexity index is 725. The lowest BCUT2D eigenvalue weighted by Crippen LogP contribution is -2.18. The van der Waals surface area contributed by atoms with Crippen molar-refractivity contribution in [3.63, 3.8) is 0 Å². The molecule has 4 nitrogen and oxygen atoms in total. The largest absolute Gasteiger partial charge is 0.276 e. The maximum absolute atomic E-state index is 12.0. The number of nitrogens with zero attached hydrogens (tertiary/aromatic N) is 1. The quantitative estimate of drug-likeness (QED) is 0.697. The van der Waals surface area contributed by atoms with E-state index >= 15 is 0 Å². The number of rotatable bonds is 4. The first-order valence-electron chi connectivity index (χ1n) is 5.85. The molecule has 104 valence electrons. The third-order valence-corrected chi connectivity index (χ3v) is 4.20. The molecule has 0 aliphatic carbocycles. The average Bonchev–Trinajstić information content (AvgIpc) is 2.41. The lowest BCUT2D eigenvalue weighted by molar-refractivity contribution is 0.584. The Hall–Kier alpha value is -1.85. The normalized spacial score (nSPS) is 11.7. The second kappa shape index (κ2) is 6.07. The van der Waals surface area contributed by atoms with E-state index in [2.05, 4.69) is 9.93 Å². The van der Waals surface area contributed by atoms with Gasteiger partial charge in [-0.1, -0.05) is 47.5 Å². The Morgan fingerprint density at radius 3 is 2.40 bits per heavy atom. The average molecular weight is 309 g/mol. The van der Waals surface area contributed by atoms with E-state index in [1.165, 1.54) is 18.3 Å². The van der Waals surface area contributed by atoms with Gasteiger partial charge in [0.05, 0.1) is 11.1 Å². The highest BCUT2D eigenvalue weighted by molar-refractivity contribution is 7.89. The van der Waals surface area contributed by atoms with Gasteiger partial charge in [-0.05, 0) is 25.1 Å². The molecular weight excluding hydrogens is 296 g/mol. The molecule has 0 amide bonds. The molecule has 2 aromatic rings. The second-order valence-corrected chi connectivity index (χ2v) is 6.26. The molecule has 0 fully saturated rings. The van der Waals surface area contributed by atoms with Gasteiger partial charge >= 0.3 is 0 Å². The van der Waals surface area contributed by atoms with E-state index in [1.807, 2.05) is 6.92 Å². The Morgan fingerprint density at radius 1 is 1.10 bits per heavy atom. The summed E-state index contributed by atoms with van der Waals surface area (Å²) in [6, 6.07) is 13.5. The lowest BCUT2D eigenvalue weighted by atomic mass is 10.2. The van der Waals surface area contributed by atoms with Crippen molar-refractivity contribution in [1.29, 1.82) is 0 Å². The highest BCUT2D eigenvalue weighted by atomic mass is 35.5. The molecule has 0 spiro atoms. The van der Waals surface area contributed by atoms with Crippen LogP contribution in [-0.4, -0.2) is 14.6 Å². The fraction of sp³-hybridized carbons (Fsp3) is 0.0714. The van der Waals surface area contributed by atoms with Gasteiger partial charge in [0.2, 0.25) is 0 Å². The van der Waals surface area contributed by atoms with Gasteiger partial charge in [0.1, 0.15) is 0 Å². The molecule has 6 heteroatoms. The lowest BCUT2D eigenvalue weighted by Gasteiger charge is -2.03. The molecule has 0 aromatic heterocycles. The number of aryl methyl sites for hydroxylation is 1. The SMILES string of the molecule is Cc1ccc(S(=O)(=O)N/N=C\c2ccccc2Cl)cc1. The molecule has 20 heavy (non-hydrogen) atoms. The third kappa shape index (κ3) is 3.59. The minimum atomic E-state index is -3.65. The summed E-state index contributed by atoms with van der Waals surface area (Å²) >= 11 is 5.94. The summed E-state index contributed by atoms with van der Waals surface area (Å²) in [5, 5.41) is 4.23. The number of hydrazone groups is 1. The van der Waals surface area contributed by atoms with E-state index in [0.717, 1.165) is 5.56 Å². The Kier molecular flexibility index (Phi) is 4.42. The van der Waals surface area contributed by atoms with Gasteiger partial charge in [-0.3, -0.25) is 0 Å². The first-order valence-corrected chi connectivity index (χ1v) is 7.71. The van der Waals surface area contributed by atoms with E-state index in [-0.39, 0.29) is 4.90 Å². The summed E-state index contributed by atoms with van der Waals surface area (Å²) in [6.45, 7) is 1.89. The fourth-order valence-corrected chi connectivity index (χ4v) is 2.49. The molecule has 0 atom stereocenters. The van der Waals surface area contributed by atoms with Crippen LogP contribution in [0.1, 0.15) is 11.1 Å². The van der Waals surface area contributed by atoms with E-state index in [4.69, 9.17) is 11.6 Å². The van der Waals surface area contributed by atoms with Crippen molar-refractivity contribution in [2.75, 3.05) is 0 Å². The van der Waals surface area contributed by atoms with Gasteiger partial charge in [0.15, 0.2) is 0 Å². The van der Waals surface area contributed by atoms with Crippen LogP contribution in [-0.2, 0) is 10.0 Å². The number of nitrogens with one attached hydrogen (secondary N) is 1. The zero-order valence-electron chi connectivity index (χ0n) is 10.7. The van der Waals surface area contributed by atoms with E-state index < -0.39 is 10.0 Å². The van der Waals surface area contributed by atoms with Crippen LogP contribution in [0.2, 0.25) is 5.02 Å². The summed E-state index contributed by atoms with van der Waals surface area (Å²) in [7, 11) is -3.65. The van der Waals surface area contributed by atoms with E-state index in [0.29, 0.717) is 10.6 Å². The predicted octanol–water partition coefficient (Wildman–Crippen LogP) is 2.96. The molecule has 1 N–H and O–H groups in total. The Balaban J connectivity index is 2.14. The molecule has 0 aliphatic rings. The monoisotopic (exact) mass is 308 g/mol. The Labute approximate surface area is 123 Å². The standard InChI is InChI=1S/C14H13ClN2O2S/c1-11-6-8-13(9-7-11)20(18,19)17-16-10-12-4-2-3-5-14(12)15/h2-10,17H,1H3/b16-10-. The molecule has 0 bridgehead atoms. The minimum absolute atomic E-state index is 0.166.